The van der Waals surface area contributed by atoms with Crippen LogP contribution in [0.25, 0.3) is 0 Å². The minimum absolute atomic E-state index is 0.0939. The fraction of sp³-hybridized carbons (Fsp3) is 0.588. The lowest BCUT2D eigenvalue weighted by Crippen LogP contribution is -2.43. The summed E-state index contributed by atoms with van der Waals surface area (Å²) >= 11 is 5.88. The highest BCUT2D eigenvalue weighted by Crippen LogP contribution is 2.29. The molecule has 0 radical (unpaired) electrons. The normalized spacial score (nSPS) is 23.6. The fourth-order valence-corrected chi connectivity index (χ4v) is 3.34. The van der Waals surface area contributed by atoms with E-state index in [0.717, 1.165) is 30.7 Å². The van der Waals surface area contributed by atoms with Gasteiger partial charge in [0.15, 0.2) is 0 Å². The molecule has 4 heteroatoms. The number of rotatable bonds is 5. The highest BCUT2D eigenvalue weighted by molar-refractivity contribution is 6.30. The maximum atomic E-state index is 12.4. The Kier molecular flexibility index (Phi) is 6.07. The number of carbonyl (C=O) groups excluding carboxylic acids is 1. The van der Waals surface area contributed by atoms with Crippen LogP contribution in [0.4, 0.5) is 0 Å². The van der Waals surface area contributed by atoms with E-state index in [1.165, 1.54) is 12.0 Å². The Morgan fingerprint density at radius 3 is 2.67 bits per heavy atom. The highest BCUT2D eigenvalue weighted by atomic mass is 35.5. The van der Waals surface area contributed by atoms with Crippen LogP contribution < -0.4 is 11.1 Å². The molecule has 1 aromatic carbocycles. The molecule has 21 heavy (non-hydrogen) atoms. The van der Waals surface area contributed by atoms with E-state index in [9.17, 15) is 4.79 Å². The van der Waals surface area contributed by atoms with Gasteiger partial charge in [0.1, 0.15) is 0 Å². The van der Waals surface area contributed by atoms with E-state index in [1.807, 2.05) is 31.2 Å². The molecule has 0 heterocycles. The van der Waals surface area contributed by atoms with E-state index in [2.05, 4.69) is 5.32 Å². The second kappa shape index (κ2) is 7.81. The molecule has 3 atom stereocenters. The standard InChI is InChI=1S/C17H25ClN2O/c1-12(10-13-6-8-15(18)9-7-13)20-17(21)16-5-3-2-4-14(16)11-19/h6-9,12,14,16H,2-5,10-11,19H2,1H3,(H,20,21). The van der Waals surface area contributed by atoms with Crippen molar-refractivity contribution in [3.05, 3.63) is 34.9 Å². The molecule has 0 aliphatic heterocycles. The molecule has 0 aromatic heterocycles. The molecule has 1 amide bonds. The summed E-state index contributed by atoms with van der Waals surface area (Å²) in [6.07, 6.45) is 5.22. The molecule has 1 fully saturated rings. The first kappa shape index (κ1) is 16.3. The summed E-state index contributed by atoms with van der Waals surface area (Å²) in [5, 5.41) is 3.89. The van der Waals surface area contributed by atoms with Gasteiger partial charge in [0.25, 0.3) is 0 Å². The van der Waals surface area contributed by atoms with E-state index < -0.39 is 0 Å². The summed E-state index contributed by atoms with van der Waals surface area (Å²) < 4.78 is 0. The highest BCUT2D eigenvalue weighted by Gasteiger charge is 2.30. The zero-order valence-corrected chi connectivity index (χ0v) is 13.4. The second-order valence-electron chi connectivity index (χ2n) is 6.13. The lowest BCUT2D eigenvalue weighted by molar-refractivity contribution is -0.128. The van der Waals surface area contributed by atoms with Crippen molar-refractivity contribution in [2.24, 2.45) is 17.6 Å². The van der Waals surface area contributed by atoms with Crippen LogP contribution in [0, 0.1) is 11.8 Å². The molecule has 0 spiro atoms. The third kappa shape index (κ3) is 4.72. The van der Waals surface area contributed by atoms with Crippen molar-refractivity contribution in [2.45, 2.75) is 45.1 Å². The number of nitrogens with two attached hydrogens (primary N) is 1. The molecule has 116 valence electrons. The van der Waals surface area contributed by atoms with Crippen molar-refractivity contribution < 1.29 is 4.79 Å². The quantitative estimate of drug-likeness (QED) is 0.878. The van der Waals surface area contributed by atoms with Gasteiger partial charge < -0.3 is 11.1 Å². The minimum atomic E-state index is 0.0939. The van der Waals surface area contributed by atoms with Crippen LogP contribution in [0.2, 0.25) is 5.02 Å². The summed E-state index contributed by atoms with van der Waals surface area (Å²) in [6, 6.07) is 7.91. The molecular weight excluding hydrogens is 284 g/mol. The van der Waals surface area contributed by atoms with Crippen molar-refractivity contribution in [2.75, 3.05) is 6.54 Å². The van der Waals surface area contributed by atoms with E-state index in [1.54, 1.807) is 0 Å². The Bertz CT molecular complexity index is 460. The summed E-state index contributed by atoms with van der Waals surface area (Å²) in [4.78, 5) is 12.4. The van der Waals surface area contributed by atoms with Crippen LogP contribution in [0.5, 0.6) is 0 Å². The average molecular weight is 309 g/mol. The van der Waals surface area contributed by atoms with Gasteiger partial charge in [-0.05, 0) is 56.3 Å². The largest absolute Gasteiger partial charge is 0.353 e. The predicted molar refractivity (Wildman–Crippen MR) is 87.3 cm³/mol. The minimum Gasteiger partial charge on any atom is -0.353 e. The van der Waals surface area contributed by atoms with Crippen LogP contribution in [0.15, 0.2) is 24.3 Å². The van der Waals surface area contributed by atoms with Crippen molar-refractivity contribution in [3.8, 4) is 0 Å². The predicted octanol–water partition coefficient (Wildman–Crippen LogP) is 3.15. The summed E-state index contributed by atoms with van der Waals surface area (Å²) in [5.41, 5.74) is 6.99. The van der Waals surface area contributed by atoms with Crippen molar-refractivity contribution in [1.29, 1.82) is 0 Å². The van der Waals surface area contributed by atoms with Gasteiger partial charge in [-0.15, -0.1) is 0 Å². The van der Waals surface area contributed by atoms with Crippen LogP contribution in [0.1, 0.15) is 38.2 Å². The van der Waals surface area contributed by atoms with Crippen LogP contribution >= 0.6 is 11.6 Å². The first-order valence-corrected chi connectivity index (χ1v) is 8.23. The third-order valence-electron chi connectivity index (χ3n) is 4.39. The van der Waals surface area contributed by atoms with Gasteiger partial charge in [0.2, 0.25) is 5.91 Å². The van der Waals surface area contributed by atoms with Gasteiger partial charge in [0.05, 0.1) is 0 Å². The first-order valence-electron chi connectivity index (χ1n) is 7.85. The number of carbonyl (C=O) groups is 1. The van der Waals surface area contributed by atoms with Gasteiger partial charge in [-0.3, -0.25) is 4.79 Å². The van der Waals surface area contributed by atoms with Gasteiger partial charge in [-0.2, -0.15) is 0 Å². The monoisotopic (exact) mass is 308 g/mol. The van der Waals surface area contributed by atoms with E-state index in [4.69, 9.17) is 17.3 Å². The van der Waals surface area contributed by atoms with Crippen molar-refractivity contribution >= 4 is 17.5 Å². The van der Waals surface area contributed by atoms with Gasteiger partial charge >= 0.3 is 0 Å². The van der Waals surface area contributed by atoms with E-state index >= 15 is 0 Å². The molecule has 0 saturated heterocycles. The van der Waals surface area contributed by atoms with Crippen LogP contribution in [-0.2, 0) is 11.2 Å². The molecule has 2 rings (SSSR count). The summed E-state index contributed by atoms with van der Waals surface area (Å²) in [7, 11) is 0. The van der Waals surface area contributed by atoms with Crippen molar-refractivity contribution in [3.63, 3.8) is 0 Å². The Hall–Kier alpha value is -1.06. The molecular formula is C17H25ClN2O. The van der Waals surface area contributed by atoms with Gasteiger partial charge in [-0.25, -0.2) is 0 Å². The van der Waals surface area contributed by atoms with Crippen LogP contribution in [0.3, 0.4) is 0 Å². The second-order valence-corrected chi connectivity index (χ2v) is 6.56. The number of hydrogen-bond donors (Lipinski definition) is 2. The van der Waals surface area contributed by atoms with Crippen LogP contribution in [-0.4, -0.2) is 18.5 Å². The smallest absolute Gasteiger partial charge is 0.223 e. The number of amides is 1. The average Bonchev–Trinajstić information content (AvgIpc) is 2.49. The Morgan fingerprint density at radius 1 is 1.33 bits per heavy atom. The van der Waals surface area contributed by atoms with E-state index in [-0.39, 0.29) is 17.9 Å². The zero-order chi connectivity index (χ0) is 15.2. The molecule has 1 saturated carbocycles. The first-order chi connectivity index (χ1) is 10.1. The molecule has 3 unspecified atom stereocenters. The molecule has 3 nitrogen and oxygen atoms in total. The maximum Gasteiger partial charge on any atom is 0.223 e. The van der Waals surface area contributed by atoms with Crippen molar-refractivity contribution in [1.82, 2.24) is 5.32 Å². The number of benzene rings is 1. The number of hydrogen-bond acceptors (Lipinski definition) is 2. The SMILES string of the molecule is CC(Cc1ccc(Cl)cc1)NC(=O)C1CCCCC1CN. The fourth-order valence-electron chi connectivity index (χ4n) is 3.21. The Balaban J connectivity index is 1.87. The molecule has 1 aliphatic rings. The number of halogens is 1. The topological polar surface area (TPSA) is 55.1 Å². The molecule has 1 aliphatic carbocycles. The molecule has 3 N–H and O–H groups in total. The zero-order valence-electron chi connectivity index (χ0n) is 12.6. The molecule has 0 bridgehead atoms. The maximum absolute atomic E-state index is 12.4. The third-order valence-corrected chi connectivity index (χ3v) is 4.64. The van der Waals surface area contributed by atoms with Gasteiger partial charge in [-0.1, -0.05) is 36.6 Å². The lowest BCUT2D eigenvalue weighted by atomic mass is 9.78. The Labute approximate surface area is 132 Å². The summed E-state index contributed by atoms with van der Waals surface area (Å²) in [5.74, 6) is 0.615. The lowest BCUT2D eigenvalue weighted by Gasteiger charge is -2.30. The van der Waals surface area contributed by atoms with Gasteiger partial charge in [0, 0.05) is 17.0 Å². The summed E-state index contributed by atoms with van der Waals surface area (Å²) in [6.45, 7) is 2.66. The van der Waals surface area contributed by atoms with E-state index in [0.29, 0.717) is 12.5 Å². The molecule has 1 aromatic rings. The Morgan fingerprint density at radius 2 is 2.00 bits per heavy atom. The number of nitrogens with one attached hydrogen (secondary N) is 1.